The molecule has 0 aromatic heterocycles. The molecule has 0 N–H and O–H groups in total. The van der Waals surface area contributed by atoms with Crippen LogP contribution < -0.4 is 0 Å². The smallest absolute Gasteiger partial charge is 0.226 e. The van der Waals surface area contributed by atoms with E-state index in [1.807, 2.05) is 36.1 Å². The van der Waals surface area contributed by atoms with Gasteiger partial charge >= 0.3 is 0 Å². The molecule has 18 heavy (non-hydrogen) atoms. The lowest BCUT2D eigenvalue weighted by atomic mass is 9.88. The third-order valence-corrected chi connectivity index (χ3v) is 3.95. The lowest BCUT2D eigenvalue weighted by Gasteiger charge is -2.41. The molecule has 2 atom stereocenters. The van der Waals surface area contributed by atoms with Crippen LogP contribution in [0.25, 0.3) is 0 Å². The standard InChI is InChI=1S/C15H20ClNO/c1-10(2)17-14(9-4-11(3)15(17)18)12-5-7-13(16)8-6-12/h5-8,10-11,14H,4,9H2,1-3H3/t11-,14?/m1/s1. The molecule has 1 amide bonds. The quantitative estimate of drug-likeness (QED) is 0.790. The van der Waals surface area contributed by atoms with Crippen LogP contribution in [0.15, 0.2) is 24.3 Å². The van der Waals surface area contributed by atoms with Crippen molar-refractivity contribution in [1.29, 1.82) is 0 Å². The van der Waals surface area contributed by atoms with E-state index < -0.39 is 0 Å². The molecule has 3 heteroatoms. The van der Waals surface area contributed by atoms with Gasteiger partial charge in [0, 0.05) is 17.0 Å². The lowest BCUT2D eigenvalue weighted by Crippen LogP contribution is -2.46. The zero-order valence-electron chi connectivity index (χ0n) is 11.2. The van der Waals surface area contributed by atoms with Gasteiger partial charge < -0.3 is 4.90 Å². The predicted octanol–water partition coefficient (Wildman–Crippen LogP) is 4.05. The van der Waals surface area contributed by atoms with Gasteiger partial charge in [0.05, 0.1) is 6.04 Å². The van der Waals surface area contributed by atoms with Crippen LogP contribution in [0.4, 0.5) is 0 Å². The van der Waals surface area contributed by atoms with Crippen LogP contribution in [0.1, 0.15) is 45.2 Å². The van der Waals surface area contributed by atoms with Crippen LogP contribution >= 0.6 is 11.6 Å². The van der Waals surface area contributed by atoms with Gasteiger partial charge in [0.2, 0.25) is 5.91 Å². The van der Waals surface area contributed by atoms with E-state index in [1.54, 1.807) is 0 Å². The topological polar surface area (TPSA) is 20.3 Å². The van der Waals surface area contributed by atoms with Crippen molar-refractivity contribution in [3.63, 3.8) is 0 Å². The number of hydrogen-bond acceptors (Lipinski definition) is 1. The van der Waals surface area contributed by atoms with Gasteiger partial charge in [0.1, 0.15) is 0 Å². The monoisotopic (exact) mass is 265 g/mol. The molecule has 1 aliphatic heterocycles. The van der Waals surface area contributed by atoms with E-state index in [0.29, 0.717) is 0 Å². The SMILES string of the molecule is CC(C)N1C(=O)[C@H](C)CCC1c1ccc(Cl)cc1. The molecule has 1 aliphatic rings. The Bertz CT molecular complexity index is 427. The average Bonchev–Trinajstić information content (AvgIpc) is 2.33. The summed E-state index contributed by atoms with van der Waals surface area (Å²) in [5, 5.41) is 0.741. The predicted molar refractivity (Wildman–Crippen MR) is 74.6 cm³/mol. The van der Waals surface area contributed by atoms with Gasteiger partial charge in [-0.1, -0.05) is 30.7 Å². The summed E-state index contributed by atoms with van der Waals surface area (Å²) >= 11 is 5.92. The summed E-state index contributed by atoms with van der Waals surface area (Å²) < 4.78 is 0. The largest absolute Gasteiger partial charge is 0.333 e. The fourth-order valence-corrected chi connectivity index (χ4v) is 2.83. The van der Waals surface area contributed by atoms with Crippen LogP contribution in [0.5, 0.6) is 0 Å². The van der Waals surface area contributed by atoms with Crippen molar-refractivity contribution >= 4 is 17.5 Å². The van der Waals surface area contributed by atoms with Gasteiger partial charge in [-0.2, -0.15) is 0 Å². The molecule has 1 fully saturated rings. The highest BCUT2D eigenvalue weighted by molar-refractivity contribution is 6.30. The average molecular weight is 266 g/mol. The molecule has 0 bridgehead atoms. The Balaban J connectivity index is 2.30. The first kappa shape index (κ1) is 13.4. The summed E-state index contributed by atoms with van der Waals surface area (Å²) in [5.41, 5.74) is 1.19. The van der Waals surface area contributed by atoms with Crippen LogP contribution in [0, 0.1) is 5.92 Å². The fraction of sp³-hybridized carbons (Fsp3) is 0.533. The van der Waals surface area contributed by atoms with E-state index in [4.69, 9.17) is 11.6 Å². The van der Waals surface area contributed by atoms with Gasteiger partial charge in [-0.3, -0.25) is 4.79 Å². The van der Waals surface area contributed by atoms with Crippen molar-refractivity contribution in [3.8, 4) is 0 Å². The minimum absolute atomic E-state index is 0.149. The van der Waals surface area contributed by atoms with E-state index >= 15 is 0 Å². The van der Waals surface area contributed by atoms with Crippen molar-refractivity contribution in [2.24, 2.45) is 5.92 Å². The summed E-state index contributed by atoms with van der Waals surface area (Å²) in [5.74, 6) is 0.423. The zero-order chi connectivity index (χ0) is 13.3. The highest BCUT2D eigenvalue weighted by Crippen LogP contribution is 2.35. The number of hydrogen-bond donors (Lipinski definition) is 0. The number of likely N-dealkylation sites (tertiary alicyclic amines) is 1. The maximum atomic E-state index is 12.3. The van der Waals surface area contributed by atoms with E-state index in [2.05, 4.69) is 13.8 Å². The molecule has 1 unspecified atom stereocenters. The minimum atomic E-state index is 0.149. The number of rotatable bonds is 2. The number of carbonyl (C=O) groups is 1. The van der Waals surface area contributed by atoms with Gasteiger partial charge in [-0.05, 0) is 44.4 Å². The maximum Gasteiger partial charge on any atom is 0.226 e. The number of carbonyl (C=O) groups excluding carboxylic acids is 1. The molecule has 1 saturated heterocycles. The fourth-order valence-electron chi connectivity index (χ4n) is 2.71. The highest BCUT2D eigenvalue weighted by Gasteiger charge is 2.35. The van der Waals surface area contributed by atoms with Crippen molar-refractivity contribution in [1.82, 2.24) is 4.90 Å². The van der Waals surface area contributed by atoms with Crippen molar-refractivity contribution < 1.29 is 4.79 Å². The van der Waals surface area contributed by atoms with E-state index in [1.165, 1.54) is 5.56 Å². The number of benzene rings is 1. The van der Waals surface area contributed by atoms with Crippen LogP contribution in [0.3, 0.4) is 0 Å². The first-order valence-electron chi connectivity index (χ1n) is 6.58. The molecule has 1 aromatic carbocycles. The molecule has 0 aliphatic carbocycles. The van der Waals surface area contributed by atoms with Crippen LogP contribution in [-0.2, 0) is 4.79 Å². The van der Waals surface area contributed by atoms with Crippen molar-refractivity contribution in [3.05, 3.63) is 34.9 Å². The molecule has 2 rings (SSSR count). The Morgan fingerprint density at radius 3 is 2.39 bits per heavy atom. The zero-order valence-corrected chi connectivity index (χ0v) is 11.9. The number of amides is 1. The number of halogens is 1. The third kappa shape index (κ3) is 2.54. The van der Waals surface area contributed by atoms with E-state index in [9.17, 15) is 4.79 Å². The Labute approximate surface area is 114 Å². The summed E-state index contributed by atoms with van der Waals surface area (Å²) in [6.45, 7) is 6.19. The van der Waals surface area contributed by atoms with Gasteiger partial charge in [-0.25, -0.2) is 0 Å². The van der Waals surface area contributed by atoms with Crippen molar-refractivity contribution in [2.45, 2.75) is 45.7 Å². The Morgan fingerprint density at radius 1 is 1.22 bits per heavy atom. The summed E-state index contributed by atoms with van der Waals surface area (Å²) in [6, 6.07) is 8.31. The molecule has 1 heterocycles. The molecular weight excluding hydrogens is 246 g/mol. The van der Waals surface area contributed by atoms with Gasteiger partial charge in [-0.15, -0.1) is 0 Å². The summed E-state index contributed by atoms with van der Waals surface area (Å²) in [4.78, 5) is 14.3. The summed E-state index contributed by atoms with van der Waals surface area (Å²) in [6.07, 6.45) is 2.00. The third-order valence-electron chi connectivity index (χ3n) is 3.70. The number of piperidine rings is 1. The molecule has 1 aromatic rings. The second-order valence-corrected chi connectivity index (χ2v) is 5.82. The van der Waals surface area contributed by atoms with E-state index in [0.717, 1.165) is 17.9 Å². The van der Waals surface area contributed by atoms with Crippen LogP contribution in [-0.4, -0.2) is 16.8 Å². The first-order valence-corrected chi connectivity index (χ1v) is 6.96. The van der Waals surface area contributed by atoms with Crippen molar-refractivity contribution in [2.75, 3.05) is 0 Å². The molecule has 0 spiro atoms. The molecular formula is C15H20ClNO. The maximum absolute atomic E-state index is 12.3. The summed E-state index contributed by atoms with van der Waals surface area (Å²) in [7, 11) is 0. The Kier molecular flexibility index (Phi) is 3.96. The molecule has 98 valence electrons. The second kappa shape index (κ2) is 5.31. The minimum Gasteiger partial charge on any atom is -0.333 e. The lowest BCUT2D eigenvalue weighted by molar-refractivity contribution is -0.143. The first-order chi connectivity index (χ1) is 8.50. The highest BCUT2D eigenvalue weighted by atomic mass is 35.5. The van der Waals surface area contributed by atoms with Gasteiger partial charge in [0.25, 0.3) is 0 Å². The van der Waals surface area contributed by atoms with Crippen LogP contribution in [0.2, 0.25) is 5.02 Å². The Morgan fingerprint density at radius 2 is 1.83 bits per heavy atom. The molecule has 2 nitrogen and oxygen atoms in total. The van der Waals surface area contributed by atoms with E-state index in [-0.39, 0.29) is 23.9 Å². The normalized spacial score (nSPS) is 24.7. The molecule has 0 saturated carbocycles. The Hall–Kier alpha value is -1.02. The van der Waals surface area contributed by atoms with Gasteiger partial charge in [0.15, 0.2) is 0 Å². The molecule has 0 radical (unpaired) electrons. The second-order valence-electron chi connectivity index (χ2n) is 5.39. The number of nitrogens with zero attached hydrogens (tertiary/aromatic N) is 1.